The molecule has 0 aromatic carbocycles. The molecule has 0 fully saturated rings. The zero-order valence-electron chi connectivity index (χ0n) is 5.41. The Morgan fingerprint density at radius 2 is 2.50 bits per heavy atom. The fourth-order valence-electron chi connectivity index (χ4n) is 0.932. The highest BCUT2D eigenvalue weighted by Gasteiger charge is 1.99. The van der Waals surface area contributed by atoms with E-state index in [4.69, 9.17) is 0 Å². The van der Waals surface area contributed by atoms with Gasteiger partial charge in [-0.1, -0.05) is 12.2 Å². The lowest BCUT2D eigenvalue weighted by molar-refractivity contribution is 1.06. The number of nitrogens with zero attached hydrogens (tertiary/aromatic N) is 2. The largest absolute Gasteiger partial charge is 0.345 e. The average Bonchev–Trinajstić information content (AvgIpc) is 2.28. The Labute approximate surface area is 58.5 Å². The number of hydrogen-bond acceptors (Lipinski definition) is 2. The van der Waals surface area contributed by atoms with Gasteiger partial charge >= 0.3 is 0 Å². The van der Waals surface area contributed by atoms with Crippen molar-refractivity contribution in [1.29, 1.82) is 0 Å². The second-order valence-electron chi connectivity index (χ2n) is 2.11. The number of aromatic nitrogens is 1. The number of H-pyrrole nitrogens is 1. The van der Waals surface area contributed by atoms with E-state index in [1.54, 1.807) is 0 Å². The van der Waals surface area contributed by atoms with Crippen LogP contribution in [0.2, 0.25) is 0 Å². The smallest absolute Gasteiger partial charge is 0.159 e. The number of fused-ring (bicyclic) bond motifs is 1. The minimum Gasteiger partial charge on any atom is -0.345 e. The third kappa shape index (κ3) is 0.757. The van der Waals surface area contributed by atoms with Gasteiger partial charge in [0.1, 0.15) is 0 Å². The Balaban J connectivity index is 2.56. The maximum absolute atomic E-state index is 3.95. The lowest BCUT2D eigenvalue weighted by Crippen LogP contribution is -1.62. The van der Waals surface area contributed by atoms with Crippen LogP contribution < -0.4 is 0 Å². The van der Waals surface area contributed by atoms with Gasteiger partial charge in [0.2, 0.25) is 0 Å². The van der Waals surface area contributed by atoms with E-state index in [-0.39, 0.29) is 0 Å². The molecule has 0 radical (unpaired) electrons. The van der Waals surface area contributed by atoms with E-state index in [0.717, 1.165) is 11.4 Å². The van der Waals surface area contributed by atoms with Crippen LogP contribution in [0.5, 0.6) is 0 Å². The van der Waals surface area contributed by atoms with Gasteiger partial charge < -0.3 is 4.98 Å². The molecule has 2 heterocycles. The number of nitrogens with one attached hydrogen (secondary N) is 1. The molecule has 1 aromatic rings. The minimum absolute atomic E-state index is 0.683. The summed E-state index contributed by atoms with van der Waals surface area (Å²) in [5.41, 5.74) is 1.11. The SMILES string of the molecule is C1=Cc2cc[nH]c2N=NC1. The van der Waals surface area contributed by atoms with Crippen LogP contribution in [-0.2, 0) is 0 Å². The highest BCUT2D eigenvalue weighted by atomic mass is 15.1. The van der Waals surface area contributed by atoms with E-state index < -0.39 is 0 Å². The zero-order valence-corrected chi connectivity index (χ0v) is 5.41. The van der Waals surface area contributed by atoms with Crippen molar-refractivity contribution in [2.75, 3.05) is 6.54 Å². The molecule has 0 amide bonds. The van der Waals surface area contributed by atoms with Crippen LogP contribution in [0, 0.1) is 0 Å². The van der Waals surface area contributed by atoms with Crippen molar-refractivity contribution in [3.05, 3.63) is 23.9 Å². The topological polar surface area (TPSA) is 40.5 Å². The summed E-state index contributed by atoms with van der Waals surface area (Å²) >= 11 is 0. The molecule has 1 aliphatic rings. The molecule has 0 saturated heterocycles. The second kappa shape index (κ2) is 2.10. The van der Waals surface area contributed by atoms with Crippen LogP contribution in [0.25, 0.3) is 6.08 Å². The van der Waals surface area contributed by atoms with E-state index in [0.29, 0.717) is 6.54 Å². The van der Waals surface area contributed by atoms with Crippen LogP contribution in [0.1, 0.15) is 5.56 Å². The van der Waals surface area contributed by atoms with Gasteiger partial charge in [-0.2, -0.15) is 5.11 Å². The summed E-state index contributed by atoms with van der Waals surface area (Å²) in [5.74, 6) is 0.855. The first-order chi connectivity index (χ1) is 4.97. The van der Waals surface area contributed by atoms with E-state index >= 15 is 0 Å². The van der Waals surface area contributed by atoms with E-state index in [1.807, 2.05) is 24.4 Å². The van der Waals surface area contributed by atoms with Gasteiger partial charge in [0, 0.05) is 11.8 Å². The summed E-state index contributed by atoms with van der Waals surface area (Å²) in [4.78, 5) is 2.99. The van der Waals surface area contributed by atoms with Gasteiger partial charge in [-0.05, 0) is 6.07 Å². The van der Waals surface area contributed by atoms with Crippen molar-refractivity contribution in [2.45, 2.75) is 0 Å². The third-order valence-electron chi connectivity index (χ3n) is 1.41. The first-order valence-electron chi connectivity index (χ1n) is 3.18. The molecule has 0 saturated carbocycles. The minimum atomic E-state index is 0.683. The summed E-state index contributed by atoms with van der Waals surface area (Å²) in [6, 6.07) is 1.98. The van der Waals surface area contributed by atoms with E-state index in [9.17, 15) is 0 Å². The zero-order chi connectivity index (χ0) is 6.81. The maximum atomic E-state index is 3.95. The molecule has 50 valence electrons. The molecular weight excluding hydrogens is 126 g/mol. The molecule has 1 aliphatic heterocycles. The van der Waals surface area contributed by atoms with Crippen LogP contribution in [0.3, 0.4) is 0 Å². The van der Waals surface area contributed by atoms with Crippen molar-refractivity contribution in [3.8, 4) is 0 Å². The summed E-state index contributed by atoms with van der Waals surface area (Å²) in [6.07, 6.45) is 5.87. The van der Waals surface area contributed by atoms with Crippen molar-refractivity contribution in [3.63, 3.8) is 0 Å². The van der Waals surface area contributed by atoms with Crippen molar-refractivity contribution in [1.82, 2.24) is 4.98 Å². The van der Waals surface area contributed by atoms with Crippen LogP contribution in [0.15, 0.2) is 28.6 Å². The molecule has 0 spiro atoms. The lowest BCUT2D eigenvalue weighted by Gasteiger charge is -1.83. The van der Waals surface area contributed by atoms with Crippen molar-refractivity contribution < 1.29 is 0 Å². The van der Waals surface area contributed by atoms with E-state index in [1.165, 1.54) is 0 Å². The number of hydrogen-bond donors (Lipinski definition) is 1. The van der Waals surface area contributed by atoms with Gasteiger partial charge in [0.15, 0.2) is 5.82 Å². The monoisotopic (exact) mass is 133 g/mol. The Kier molecular flexibility index (Phi) is 1.13. The summed E-state index contributed by atoms with van der Waals surface area (Å²) < 4.78 is 0. The molecule has 2 rings (SSSR count). The first-order valence-corrected chi connectivity index (χ1v) is 3.18. The third-order valence-corrected chi connectivity index (χ3v) is 1.41. The predicted molar refractivity (Wildman–Crippen MR) is 39.2 cm³/mol. The van der Waals surface area contributed by atoms with Gasteiger partial charge in [-0.15, -0.1) is 5.11 Å². The van der Waals surface area contributed by atoms with Gasteiger partial charge in [-0.25, -0.2) is 0 Å². The summed E-state index contributed by atoms with van der Waals surface area (Å²) in [6.45, 7) is 0.683. The fraction of sp³-hybridized carbons (Fsp3) is 0.143. The van der Waals surface area contributed by atoms with Gasteiger partial charge in [0.05, 0.1) is 6.54 Å². The van der Waals surface area contributed by atoms with Gasteiger partial charge in [0.25, 0.3) is 0 Å². The summed E-state index contributed by atoms with van der Waals surface area (Å²) in [5, 5.41) is 7.85. The molecule has 0 bridgehead atoms. The van der Waals surface area contributed by atoms with Crippen LogP contribution >= 0.6 is 0 Å². The van der Waals surface area contributed by atoms with Crippen LogP contribution in [-0.4, -0.2) is 11.5 Å². The molecule has 3 heteroatoms. The molecule has 10 heavy (non-hydrogen) atoms. The Morgan fingerprint density at radius 1 is 1.50 bits per heavy atom. The van der Waals surface area contributed by atoms with Crippen molar-refractivity contribution >= 4 is 11.9 Å². The molecule has 1 N–H and O–H groups in total. The number of rotatable bonds is 0. The lowest BCUT2D eigenvalue weighted by atomic mass is 10.3. The number of azo groups is 1. The molecule has 0 atom stereocenters. The molecule has 3 nitrogen and oxygen atoms in total. The summed E-state index contributed by atoms with van der Waals surface area (Å²) in [7, 11) is 0. The fourth-order valence-corrected chi connectivity index (χ4v) is 0.932. The Morgan fingerprint density at radius 3 is 3.50 bits per heavy atom. The predicted octanol–water partition coefficient (Wildman–Crippen LogP) is 2.13. The molecule has 0 aliphatic carbocycles. The highest BCUT2D eigenvalue weighted by Crippen LogP contribution is 2.19. The highest BCUT2D eigenvalue weighted by molar-refractivity contribution is 5.61. The average molecular weight is 133 g/mol. The molecule has 1 aromatic heterocycles. The Hall–Kier alpha value is -1.38. The number of aromatic amines is 1. The maximum Gasteiger partial charge on any atom is 0.159 e. The van der Waals surface area contributed by atoms with E-state index in [2.05, 4.69) is 15.2 Å². The standard InChI is InChI=1S/C7H7N3/c1-2-6-3-5-8-7(6)10-9-4-1/h1-3,5,8H,4H2. The Bertz CT molecular complexity index is 256. The first kappa shape index (κ1) is 5.41. The molecular formula is C7H7N3. The quantitative estimate of drug-likeness (QED) is 0.563. The van der Waals surface area contributed by atoms with Crippen LogP contribution in [0.4, 0.5) is 5.82 Å². The normalized spacial score (nSPS) is 14.8. The van der Waals surface area contributed by atoms with Crippen molar-refractivity contribution in [2.24, 2.45) is 10.2 Å². The van der Waals surface area contributed by atoms with Gasteiger partial charge in [-0.3, -0.25) is 0 Å². The second-order valence-corrected chi connectivity index (χ2v) is 2.11. The molecule has 0 unspecified atom stereocenters.